The molecule has 0 radical (unpaired) electrons. The van der Waals surface area contributed by atoms with Crippen LogP contribution in [0.3, 0.4) is 0 Å². The van der Waals surface area contributed by atoms with Crippen LogP contribution in [0.15, 0.2) is 42.4 Å². The first-order valence-electron chi connectivity index (χ1n) is 11.2. The zero-order chi connectivity index (χ0) is 23.9. The third kappa shape index (κ3) is 9.67. The molecule has 1 aliphatic carbocycles. The van der Waals surface area contributed by atoms with E-state index in [9.17, 15) is 14.9 Å². The summed E-state index contributed by atoms with van der Waals surface area (Å²) in [4.78, 5) is 27.0. The summed E-state index contributed by atoms with van der Waals surface area (Å²) >= 11 is 0. The van der Waals surface area contributed by atoms with Crippen LogP contribution < -0.4 is 10.5 Å². The van der Waals surface area contributed by atoms with Gasteiger partial charge >= 0.3 is 5.97 Å². The molecule has 1 aromatic carbocycles. The van der Waals surface area contributed by atoms with E-state index < -0.39 is 11.4 Å². The molecule has 2 rings (SSSR count). The summed E-state index contributed by atoms with van der Waals surface area (Å²) in [6.07, 6.45) is 6.55. The van der Waals surface area contributed by atoms with Crippen molar-refractivity contribution in [1.29, 1.82) is 0 Å². The molecule has 0 bridgehead atoms. The van der Waals surface area contributed by atoms with E-state index in [4.69, 9.17) is 24.7 Å². The standard InChI is InChI=1S/C23H34N2O8/c1-29-20(17-31-21(26)16-23(18-24)12-6-3-7-13-23)22(33-19-10-4-2-5-11-19)30-14-8-9-15-32-25(27)28/h2,4-5,10-11,17,22H,3,6-9,12-16,18,24H2,1H3/b20-17-. The van der Waals surface area contributed by atoms with Crippen LogP contribution in [0, 0.1) is 15.5 Å². The van der Waals surface area contributed by atoms with Gasteiger partial charge in [0.15, 0.2) is 5.76 Å². The molecule has 2 N–H and O–H groups in total. The van der Waals surface area contributed by atoms with Gasteiger partial charge in [0, 0.05) is 0 Å². The first-order chi connectivity index (χ1) is 16.0. The summed E-state index contributed by atoms with van der Waals surface area (Å²) in [7, 11) is 1.43. The summed E-state index contributed by atoms with van der Waals surface area (Å²) in [6, 6.07) is 9.00. The van der Waals surface area contributed by atoms with Crippen LogP contribution in [0.5, 0.6) is 5.75 Å². The number of para-hydroxylation sites is 1. The molecule has 0 heterocycles. The number of nitrogens with two attached hydrogens (primary N) is 1. The summed E-state index contributed by atoms with van der Waals surface area (Å²) in [5.41, 5.74) is 5.77. The molecule has 0 spiro atoms. The molecule has 0 aromatic heterocycles. The highest BCUT2D eigenvalue weighted by Crippen LogP contribution is 2.38. The number of carbonyl (C=O) groups excluding carboxylic acids is 1. The topological polar surface area (TPSA) is 132 Å². The van der Waals surface area contributed by atoms with Gasteiger partial charge in [-0.2, -0.15) is 0 Å². The Morgan fingerprint density at radius 2 is 1.88 bits per heavy atom. The van der Waals surface area contributed by atoms with Crippen molar-refractivity contribution in [3.63, 3.8) is 0 Å². The van der Waals surface area contributed by atoms with Crippen molar-refractivity contribution in [3.05, 3.63) is 52.5 Å². The monoisotopic (exact) mass is 466 g/mol. The maximum absolute atomic E-state index is 12.5. The number of hydrogen-bond donors (Lipinski definition) is 1. The molecule has 33 heavy (non-hydrogen) atoms. The number of carbonyl (C=O) groups is 1. The van der Waals surface area contributed by atoms with Crippen LogP contribution in [0.1, 0.15) is 51.4 Å². The molecule has 10 heteroatoms. The van der Waals surface area contributed by atoms with E-state index >= 15 is 0 Å². The van der Waals surface area contributed by atoms with Crippen LogP contribution in [0.2, 0.25) is 0 Å². The number of esters is 1. The van der Waals surface area contributed by atoms with E-state index in [1.165, 1.54) is 19.8 Å². The van der Waals surface area contributed by atoms with Crippen LogP contribution in [0.25, 0.3) is 0 Å². The highest BCUT2D eigenvalue weighted by molar-refractivity contribution is 5.71. The molecule has 0 amide bonds. The fraction of sp³-hybridized carbons (Fsp3) is 0.609. The van der Waals surface area contributed by atoms with Crippen molar-refractivity contribution >= 4 is 5.97 Å². The minimum atomic E-state index is -0.972. The number of nitrogens with zero attached hydrogens (tertiary/aromatic N) is 1. The van der Waals surface area contributed by atoms with Crippen molar-refractivity contribution < 1.29 is 33.7 Å². The van der Waals surface area contributed by atoms with Gasteiger partial charge in [-0.25, -0.2) is 0 Å². The molecule has 0 saturated heterocycles. The van der Waals surface area contributed by atoms with Gasteiger partial charge in [0.1, 0.15) is 12.0 Å². The molecule has 0 aliphatic heterocycles. The third-order valence-corrected chi connectivity index (χ3v) is 5.63. The summed E-state index contributed by atoms with van der Waals surface area (Å²) in [6.45, 7) is 0.656. The van der Waals surface area contributed by atoms with E-state index in [-0.39, 0.29) is 36.8 Å². The van der Waals surface area contributed by atoms with Gasteiger partial charge in [-0.15, -0.1) is 10.1 Å². The molecular weight excluding hydrogens is 432 g/mol. The number of rotatable bonds is 15. The maximum atomic E-state index is 12.5. The van der Waals surface area contributed by atoms with Crippen LogP contribution >= 0.6 is 0 Å². The van der Waals surface area contributed by atoms with Gasteiger partial charge in [0.25, 0.3) is 11.4 Å². The number of hydrogen-bond acceptors (Lipinski definition) is 9. The highest BCUT2D eigenvalue weighted by atomic mass is 16.9. The quantitative estimate of drug-likeness (QED) is 0.102. The van der Waals surface area contributed by atoms with E-state index in [1.807, 2.05) is 18.2 Å². The van der Waals surface area contributed by atoms with Crippen molar-refractivity contribution in [2.45, 2.75) is 57.7 Å². The Morgan fingerprint density at radius 3 is 2.52 bits per heavy atom. The molecule has 1 aromatic rings. The lowest BCUT2D eigenvalue weighted by molar-refractivity contribution is -0.757. The molecule has 1 atom stereocenters. The number of benzene rings is 1. The maximum Gasteiger partial charge on any atom is 0.311 e. The molecule has 1 saturated carbocycles. The minimum Gasteiger partial charge on any atom is -0.492 e. The lowest BCUT2D eigenvalue weighted by atomic mass is 9.72. The van der Waals surface area contributed by atoms with Crippen molar-refractivity contribution in [2.75, 3.05) is 26.9 Å². The average Bonchev–Trinajstić information content (AvgIpc) is 2.82. The largest absolute Gasteiger partial charge is 0.492 e. The Morgan fingerprint density at radius 1 is 1.18 bits per heavy atom. The zero-order valence-electron chi connectivity index (χ0n) is 19.1. The Balaban J connectivity index is 1.97. The normalized spacial score (nSPS) is 16.5. The third-order valence-electron chi connectivity index (χ3n) is 5.63. The average molecular weight is 467 g/mol. The van der Waals surface area contributed by atoms with Gasteiger partial charge in [-0.3, -0.25) is 4.79 Å². The lowest BCUT2D eigenvalue weighted by Crippen LogP contribution is -2.35. The molecule has 1 aliphatic rings. The first kappa shape index (κ1) is 26.4. The Labute approximate surface area is 194 Å². The second kappa shape index (κ2) is 14.3. The lowest BCUT2D eigenvalue weighted by Gasteiger charge is -2.35. The first-order valence-corrected chi connectivity index (χ1v) is 11.2. The summed E-state index contributed by atoms with van der Waals surface area (Å²) in [5.74, 6) is 0.337. The van der Waals surface area contributed by atoms with Gasteiger partial charge in [0.05, 0.1) is 26.7 Å². The van der Waals surface area contributed by atoms with Gasteiger partial charge in [-0.1, -0.05) is 37.5 Å². The van der Waals surface area contributed by atoms with E-state index in [0.29, 0.717) is 25.1 Å². The van der Waals surface area contributed by atoms with Crippen molar-refractivity contribution in [2.24, 2.45) is 11.1 Å². The molecular formula is C23H34N2O8. The van der Waals surface area contributed by atoms with Crippen LogP contribution in [-0.4, -0.2) is 44.2 Å². The molecule has 10 nitrogen and oxygen atoms in total. The van der Waals surface area contributed by atoms with Crippen LogP contribution in [-0.2, 0) is 23.8 Å². The molecule has 1 fully saturated rings. The number of unbranched alkanes of at least 4 members (excludes halogenated alkanes) is 1. The molecule has 184 valence electrons. The minimum absolute atomic E-state index is 0.0198. The smallest absolute Gasteiger partial charge is 0.311 e. The Hall–Kier alpha value is -2.85. The second-order valence-electron chi connectivity index (χ2n) is 8.05. The number of methoxy groups -OCH3 is 1. The van der Waals surface area contributed by atoms with E-state index in [1.54, 1.807) is 12.1 Å². The predicted octanol–water partition coefficient (Wildman–Crippen LogP) is 3.73. The fourth-order valence-corrected chi connectivity index (χ4v) is 3.76. The Kier molecular flexibility index (Phi) is 11.5. The van der Waals surface area contributed by atoms with E-state index in [2.05, 4.69) is 4.84 Å². The summed E-state index contributed by atoms with van der Waals surface area (Å²) in [5, 5.41) is 9.39. The Bertz CT molecular complexity index is 750. The second-order valence-corrected chi connectivity index (χ2v) is 8.05. The predicted molar refractivity (Wildman–Crippen MR) is 119 cm³/mol. The van der Waals surface area contributed by atoms with E-state index in [0.717, 1.165) is 25.7 Å². The van der Waals surface area contributed by atoms with Crippen molar-refractivity contribution in [3.8, 4) is 5.75 Å². The molecule has 1 unspecified atom stereocenters. The summed E-state index contributed by atoms with van der Waals surface area (Å²) < 4.78 is 22.4. The van der Waals surface area contributed by atoms with Gasteiger partial charge in [0.2, 0.25) is 0 Å². The van der Waals surface area contributed by atoms with Crippen LogP contribution in [0.4, 0.5) is 0 Å². The zero-order valence-corrected chi connectivity index (χ0v) is 19.1. The van der Waals surface area contributed by atoms with Gasteiger partial charge in [-0.05, 0) is 49.8 Å². The fourth-order valence-electron chi connectivity index (χ4n) is 3.76. The van der Waals surface area contributed by atoms with Gasteiger partial charge < -0.3 is 29.5 Å². The number of ether oxygens (including phenoxy) is 4. The SMILES string of the molecule is CO/C(=C\OC(=O)CC1(CN)CCCCC1)C(OCCCCO[N+](=O)[O-])Oc1ccccc1. The highest BCUT2D eigenvalue weighted by Gasteiger charge is 2.33. The van der Waals surface area contributed by atoms with Crippen molar-refractivity contribution in [1.82, 2.24) is 0 Å².